The highest BCUT2D eigenvalue weighted by Crippen LogP contribution is 2.23. The molecule has 0 atom stereocenters. The first kappa shape index (κ1) is 16.0. The monoisotopic (exact) mass is 271 g/mol. The predicted molar refractivity (Wildman–Crippen MR) is 71.7 cm³/mol. The highest BCUT2D eigenvalue weighted by molar-refractivity contribution is 5.78. The minimum absolute atomic E-state index is 0.0290. The van der Waals surface area contributed by atoms with E-state index >= 15 is 0 Å². The van der Waals surface area contributed by atoms with Gasteiger partial charge in [0, 0.05) is 19.7 Å². The van der Waals surface area contributed by atoms with Crippen LogP contribution in [0, 0.1) is 0 Å². The van der Waals surface area contributed by atoms with Crippen LogP contribution in [0.2, 0.25) is 0 Å². The lowest BCUT2D eigenvalue weighted by Gasteiger charge is -2.34. The number of ether oxygens (including phenoxy) is 2. The van der Waals surface area contributed by atoms with Crippen molar-refractivity contribution in [1.82, 2.24) is 4.90 Å². The van der Waals surface area contributed by atoms with Crippen LogP contribution < -0.4 is 0 Å². The molecule has 0 bridgehead atoms. The van der Waals surface area contributed by atoms with E-state index < -0.39 is 0 Å². The molecule has 0 heterocycles. The van der Waals surface area contributed by atoms with Gasteiger partial charge in [-0.05, 0) is 19.8 Å². The largest absolute Gasteiger partial charge is 0.466 e. The number of carbonyl (C=O) groups excluding carboxylic acids is 2. The Labute approximate surface area is 115 Å². The van der Waals surface area contributed by atoms with Crippen molar-refractivity contribution in [1.29, 1.82) is 0 Å². The number of rotatable bonds is 7. The molecule has 1 rings (SSSR count). The average molecular weight is 271 g/mol. The summed E-state index contributed by atoms with van der Waals surface area (Å²) in [7, 11) is 1.52. The summed E-state index contributed by atoms with van der Waals surface area (Å²) in [6.45, 7) is 2.69. The highest BCUT2D eigenvalue weighted by atomic mass is 16.5. The molecular formula is C14H25NO4. The molecular weight excluding hydrogens is 246 g/mol. The van der Waals surface area contributed by atoms with Crippen molar-refractivity contribution in [3.8, 4) is 0 Å². The molecule has 0 aromatic rings. The fourth-order valence-corrected chi connectivity index (χ4v) is 2.55. The summed E-state index contributed by atoms with van der Waals surface area (Å²) in [5.41, 5.74) is 0. The summed E-state index contributed by atoms with van der Waals surface area (Å²) in [5.74, 6) is -0.271. The topological polar surface area (TPSA) is 55.8 Å². The van der Waals surface area contributed by atoms with Crippen molar-refractivity contribution in [3.63, 3.8) is 0 Å². The molecule has 110 valence electrons. The molecule has 5 nitrogen and oxygen atoms in total. The maximum Gasteiger partial charge on any atom is 0.307 e. The Morgan fingerprint density at radius 1 is 1.21 bits per heavy atom. The Kier molecular flexibility index (Phi) is 7.48. The number of nitrogens with zero attached hydrogens (tertiary/aromatic N) is 1. The molecule has 0 aromatic heterocycles. The van der Waals surface area contributed by atoms with Crippen molar-refractivity contribution in [2.75, 3.05) is 26.9 Å². The second kappa shape index (κ2) is 8.91. The molecule has 0 radical (unpaired) electrons. The van der Waals surface area contributed by atoms with Crippen LogP contribution in [0.3, 0.4) is 0 Å². The van der Waals surface area contributed by atoms with Crippen molar-refractivity contribution in [2.45, 2.75) is 51.5 Å². The van der Waals surface area contributed by atoms with Crippen molar-refractivity contribution < 1.29 is 19.1 Å². The molecule has 0 aromatic carbocycles. The van der Waals surface area contributed by atoms with Crippen molar-refractivity contribution in [3.05, 3.63) is 0 Å². The smallest absolute Gasteiger partial charge is 0.307 e. The zero-order valence-electron chi connectivity index (χ0n) is 12.0. The molecule has 1 aliphatic carbocycles. The third-order valence-electron chi connectivity index (χ3n) is 3.47. The second-order valence-electron chi connectivity index (χ2n) is 4.87. The van der Waals surface area contributed by atoms with Crippen LogP contribution in [0.1, 0.15) is 45.4 Å². The Bertz CT molecular complexity index is 287. The summed E-state index contributed by atoms with van der Waals surface area (Å²) in [6, 6.07) is 0.255. The molecule has 0 aliphatic heterocycles. The Hall–Kier alpha value is -1.10. The van der Waals surface area contributed by atoms with Crippen LogP contribution in [-0.4, -0.2) is 49.7 Å². The van der Waals surface area contributed by atoms with E-state index in [1.54, 1.807) is 11.8 Å². The molecule has 1 saturated carbocycles. The molecule has 0 unspecified atom stereocenters. The fourth-order valence-electron chi connectivity index (χ4n) is 2.55. The van der Waals surface area contributed by atoms with Crippen molar-refractivity contribution >= 4 is 11.9 Å². The molecule has 0 N–H and O–H groups in total. The highest BCUT2D eigenvalue weighted by Gasteiger charge is 2.25. The van der Waals surface area contributed by atoms with Gasteiger partial charge in [0.1, 0.15) is 6.61 Å². The second-order valence-corrected chi connectivity index (χ2v) is 4.87. The van der Waals surface area contributed by atoms with E-state index in [4.69, 9.17) is 9.47 Å². The summed E-state index contributed by atoms with van der Waals surface area (Å²) >= 11 is 0. The Balaban J connectivity index is 2.52. The van der Waals surface area contributed by atoms with Gasteiger partial charge >= 0.3 is 5.97 Å². The maximum absolute atomic E-state index is 12.1. The van der Waals surface area contributed by atoms with Crippen LogP contribution in [0.15, 0.2) is 0 Å². The minimum atomic E-state index is -0.242. The van der Waals surface area contributed by atoms with E-state index in [-0.39, 0.29) is 30.9 Å². The van der Waals surface area contributed by atoms with Gasteiger partial charge < -0.3 is 14.4 Å². The predicted octanol–water partition coefficient (Wildman–Crippen LogP) is 1.75. The summed E-state index contributed by atoms with van der Waals surface area (Å²) in [6.07, 6.45) is 5.86. The van der Waals surface area contributed by atoms with Crippen LogP contribution in [0.5, 0.6) is 0 Å². The summed E-state index contributed by atoms with van der Waals surface area (Å²) < 4.78 is 9.83. The van der Waals surface area contributed by atoms with Gasteiger partial charge in [0.15, 0.2) is 0 Å². The summed E-state index contributed by atoms with van der Waals surface area (Å²) in [4.78, 5) is 25.3. The van der Waals surface area contributed by atoms with Crippen LogP contribution >= 0.6 is 0 Å². The number of esters is 1. The van der Waals surface area contributed by atoms with Gasteiger partial charge in [-0.3, -0.25) is 9.59 Å². The SMILES string of the molecule is CCOC(=O)CCN(C(=O)COC)C1CCCCC1. The normalized spacial score (nSPS) is 16.1. The van der Waals surface area contributed by atoms with Gasteiger partial charge in [-0.15, -0.1) is 0 Å². The number of amides is 1. The average Bonchev–Trinajstić information content (AvgIpc) is 2.41. The molecule has 19 heavy (non-hydrogen) atoms. The van der Waals surface area contributed by atoms with Gasteiger partial charge in [0.2, 0.25) is 5.91 Å². The first-order valence-corrected chi connectivity index (χ1v) is 7.13. The zero-order chi connectivity index (χ0) is 14.1. The molecule has 0 spiro atoms. The van der Waals surface area contributed by atoms with Gasteiger partial charge in [-0.25, -0.2) is 0 Å². The van der Waals surface area contributed by atoms with Gasteiger partial charge in [-0.1, -0.05) is 19.3 Å². The number of carbonyl (C=O) groups is 2. The standard InChI is InChI=1S/C14H25NO4/c1-3-19-14(17)9-10-15(13(16)11-18-2)12-7-5-4-6-8-12/h12H,3-11H2,1-2H3. The molecule has 0 saturated heterocycles. The molecule has 5 heteroatoms. The Morgan fingerprint density at radius 3 is 2.47 bits per heavy atom. The third kappa shape index (κ3) is 5.59. The quantitative estimate of drug-likeness (QED) is 0.662. The zero-order valence-corrected chi connectivity index (χ0v) is 12.0. The first-order chi connectivity index (χ1) is 9.19. The van der Waals surface area contributed by atoms with Crippen LogP contribution in [-0.2, 0) is 19.1 Å². The first-order valence-electron chi connectivity index (χ1n) is 7.13. The number of hydrogen-bond donors (Lipinski definition) is 0. The van der Waals surface area contributed by atoms with Gasteiger partial charge in [0.05, 0.1) is 13.0 Å². The van der Waals surface area contributed by atoms with E-state index in [0.717, 1.165) is 25.7 Å². The van der Waals surface area contributed by atoms with E-state index in [1.807, 2.05) is 0 Å². The van der Waals surface area contributed by atoms with Gasteiger partial charge in [0.25, 0.3) is 0 Å². The maximum atomic E-state index is 12.1. The Morgan fingerprint density at radius 2 is 1.89 bits per heavy atom. The lowest BCUT2D eigenvalue weighted by atomic mass is 9.94. The number of hydrogen-bond acceptors (Lipinski definition) is 4. The van der Waals surface area contributed by atoms with E-state index in [1.165, 1.54) is 13.5 Å². The van der Waals surface area contributed by atoms with Crippen molar-refractivity contribution in [2.24, 2.45) is 0 Å². The lowest BCUT2D eigenvalue weighted by Crippen LogP contribution is -2.44. The van der Waals surface area contributed by atoms with Crippen LogP contribution in [0.4, 0.5) is 0 Å². The lowest BCUT2D eigenvalue weighted by molar-refractivity contribution is -0.145. The van der Waals surface area contributed by atoms with E-state index in [9.17, 15) is 9.59 Å². The summed E-state index contributed by atoms with van der Waals surface area (Å²) in [5, 5.41) is 0. The van der Waals surface area contributed by atoms with E-state index in [2.05, 4.69) is 0 Å². The fraction of sp³-hybridized carbons (Fsp3) is 0.857. The van der Waals surface area contributed by atoms with Gasteiger partial charge in [-0.2, -0.15) is 0 Å². The van der Waals surface area contributed by atoms with E-state index in [0.29, 0.717) is 13.2 Å². The molecule has 1 fully saturated rings. The number of methoxy groups -OCH3 is 1. The molecule has 1 amide bonds. The molecule has 1 aliphatic rings. The minimum Gasteiger partial charge on any atom is -0.466 e. The van der Waals surface area contributed by atoms with Crippen LogP contribution in [0.25, 0.3) is 0 Å². The third-order valence-corrected chi connectivity index (χ3v) is 3.47.